The minimum absolute atomic E-state index is 0.376. The van der Waals surface area contributed by atoms with Crippen LogP contribution in [0.1, 0.15) is 18.1 Å². The van der Waals surface area contributed by atoms with Gasteiger partial charge in [0.1, 0.15) is 0 Å². The topological polar surface area (TPSA) is 0 Å². The minimum Gasteiger partial charge on any atom is -0.102 e. The Kier molecular flexibility index (Phi) is 4.20. The molecule has 2 aromatic rings. The molecule has 0 N–H and O–H groups in total. The lowest BCUT2D eigenvalue weighted by Gasteiger charge is -2.11. The summed E-state index contributed by atoms with van der Waals surface area (Å²) in [5, 5.41) is 0. The first kappa shape index (κ1) is 14.3. The van der Waals surface area contributed by atoms with Gasteiger partial charge in [-0.25, -0.2) is 0 Å². The van der Waals surface area contributed by atoms with Gasteiger partial charge in [-0.3, -0.25) is 0 Å². The van der Waals surface area contributed by atoms with Crippen molar-refractivity contribution in [2.45, 2.75) is 6.92 Å². The van der Waals surface area contributed by atoms with Crippen molar-refractivity contribution < 1.29 is 0 Å². The Balaban J connectivity index is 2.16. The summed E-state index contributed by atoms with van der Waals surface area (Å²) >= 11 is 0. The van der Waals surface area contributed by atoms with Gasteiger partial charge in [0.25, 0.3) is 0 Å². The molecule has 0 heteroatoms. The highest BCUT2D eigenvalue weighted by molar-refractivity contribution is 5.86. The summed E-state index contributed by atoms with van der Waals surface area (Å²) in [5.41, 5.74) is 6.35. The van der Waals surface area contributed by atoms with Crippen molar-refractivity contribution in [3.8, 4) is 0 Å². The molecule has 0 nitrogen and oxygen atoms in total. The van der Waals surface area contributed by atoms with Crippen molar-refractivity contribution in [2.75, 3.05) is 0 Å². The van der Waals surface area contributed by atoms with Crippen LogP contribution in [0.5, 0.6) is 0 Å². The number of hydrogen-bond acceptors (Lipinski definition) is 0. The van der Waals surface area contributed by atoms with Crippen LogP contribution in [0.15, 0.2) is 103 Å². The van der Waals surface area contributed by atoms with Gasteiger partial charge in [-0.05, 0) is 33.8 Å². The van der Waals surface area contributed by atoms with E-state index in [0.29, 0.717) is 5.92 Å². The molecule has 0 heterocycles. The molecule has 2 aromatic carbocycles. The molecular formula is C22H20. The van der Waals surface area contributed by atoms with Crippen molar-refractivity contribution in [1.29, 1.82) is 0 Å². The standard InChI is InChI=1S/C22H20/c1-3-17(2)20-14-15-21(16-20)22(18-10-6-4-7-11-18)19-12-8-5-9-13-19/h3-17H,1H2,2H3. The van der Waals surface area contributed by atoms with Crippen molar-refractivity contribution >= 4 is 5.57 Å². The predicted molar refractivity (Wildman–Crippen MR) is 95.5 cm³/mol. The Morgan fingerprint density at radius 2 is 1.41 bits per heavy atom. The van der Waals surface area contributed by atoms with Crippen molar-refractivity contribution in [2.24, 2.45) is 5.92 Å². The average molecular weight is 284 g/mol. The third-order valence-corrected chi connectivity index (χ3v) is 4.07. The van der Waals surface area contributed by atoms with Crippen LogP contribution in [0.25, 0.3) is 5.57 Å². The summed E-state index contributed by atoms with van der Waals surface area (Å²) in [6, 6.07) is 21.2. The molecule has 1 atom stereocenters. The quantitative estimate of drug-likeness (QED) is 0.622. The second-order valence-corrected chi connectivity index (χ2v) is 5.56. The average Bonchev–Trinajstić information content (AvgIpc) is 3.06. The van der Waals surface area contributed by atoms with Gasteiger partial charge in [0.15, 0.2) is 0 Å². The van der Waals surface area contributed by atoms with Crippen molar-refractivity contribution in [3.63, 3.8) is 0 Å². The highest BCUT2D eigenvalue weighted by atomic mass is 14.2. The molecule has 0 aromatic heterocycles. The van der Waals surface area contributed by atoms with E-state index in [0.717, 1.165) is 0 Å². The number of hydrogen-bond donors (Lipinski definition) is 0. The number of allylic oxidation sites excluding steroid dienone is 6. The van der Waals surface area contributed by atoms with E-state index in [1.807, 2.05) is 6.08 Å². The van der Waals surface area contributed by atoms with Crippen molar-refractivity contribution in [3.05, 3.63) is 114 Å². The van der Waals surface area contributed by atoms with Gasteiger partial charge in [0.05, 0.1) is 0 Å². The first-order valence-corrected chi connectivity index (χ1v) is 7.67. The number of benzene rings is 2. The molecule has 0 saturated carbocycles. The summed E-state index contributed by atoms with van der Waals surface area (Å²) < 4.78 is 0. The Hall–Kier alpha value is -2.60. The Labute approximate surface area is 132 Å². The lowest BCUT2D eigenvalue weighted by Crippen LogP contribution is -1.92. The fraction of sp³-hybridized carbons (Fsp3) is 0.0909. The molecule has 0 amide bonds. The molecule has 22 heavy (non-hydrogen) atoms. The largest absolute Gasteiger partial charge is 0.102 e. The maximum absolute atomic E-state index is 3.90. The Morgan fingerprint density at radius 3 is 1.91 bits per heavy atom. The van der Waals surface area contributed by atoms with Gasteiger partial charge in [-0.1, -0.05) is 91.9 Å². The summed E-state index contributed by atoms with van der Waals surface area (Å²) in [7, 11) is 0. The van der Waals surface area contributed by atoms with Crippen LogP contribution < -0.4 is 0 Å². The van der Waals surface area contributed by atoms with E-state index in [1.54, 1.807) is 0 Å². The molecule has 0 spiro atoms. The molecule has 0 aliphatic heterocycles. The van der Waals surface area contributed by atoms with E-state index >= 15 is 0 Å². The molecule has 0 radical (unpaired) electrons. The van der Waals surface area contributed by atoms with E-state index in [1.165, 1.54) is 27.8 Å². The fourth-order valence-corrected chi connectivity index (χ4v) is 2.75. The summed E-state index contributed by atoms with van der Waals surface area (Å²) in [5.74, 6) is 0.376. The first-order chi connectivity index (χ1) is 10.8. The summed E-state index contributed by atoms with van der Waals surface area (Å²) in [6.45, 7) is 6.08. The second kappa shape index (κ2) is 6.44. The highest BCUT2D eigenvalue weighted by Gasteiger charge is 2.14. The molecule has 3 rings (SSSR count). The second-order valence-electron chi connectivity index (χ2n) is 5.56. The van der Waals surface area contributed by atoms with E-state index in [4.69, 9.17) is 0 Å². The van der Waals surface area contributed by atoms with Crippen LogP contribution in [0.4, 0.5) is 0 Å². The summed E-state index contributed by atoms with van der Waals surface area (Å²) in [4.78, 5) is 0. The third kappa shape index (κ3) is 2.87. The van der Waals surface area contributed by atoms with E-state index in [9.17, 15) is 0 Å². The zero-order valence-corrected chi connectivity index (χ0v) is 12.9. The van der Waals surface area contributed by atoms with Crippen molar-refractivity contribution in [1.82, 2.24) is 0 Å². The van der Waals surface area contributed by atoms with Crippen LogP contribution in [0.2, 0.25) is 0 Å². The normalized spacial score (nSPS) is 14.6. The maximum Gasteiger partial charge on any atom is -0.00129 e. The van der Waals surface area contributed by atoms with E-state index in [2.05, 4.69) is 92.4 Å². The minimum atomic E-state index is 0.376. The molecule has 1 aliphatic carbocycles. The first-order valence-electron chi connectivity index (χ1n) is 7.67. The molecule has 0 bridgehead atoms. The number of rotatable bonds is 4. The van der Waals surface area contributed by atoms with Gasteiger partial charge >= 0.3 is 0 Å². The molecule has 1 aliphatic rings. The van der Waals surface area contributed by atoms with Crippen LogP contribution >= 0.6 is 0 Å². The van der Waals surface area contributed by atoms with E-state index < -0.39 is 0 Å². The lowest BCUT2D eigenvalue weighted by atomic mass is 9.93. The van der Waals surface area contributed by atoms with Gasteiger partial charge < -0.3 is 0 Å². The predicted octanol–water partition coefficient (Wildman–Crippen LogP) is 5.81. The highest BCUT2D eigenvalue weighted by Crippen LogP contribution is 2.33. The van der Waals surface area contributed by atoms with Crippen LogP contribution in [-0.4, -0.2) is 0 Å². The fourth-order valence-electron chi connectivity index (χ4n) is 2.75. The van der Waals surface area contributed by atoms with Gasteiger partial charge in [0, 0.05) is 0 Å². The maximum atomic E-state index is 3.90. The Bertz CT molecular complexity index is 702. The van der Waals surface area contributed by atoms with Crippen LogP contribution in [0, 0.1) is 5.92 Å². The van der Waals surface area contributed by atoms with Crippen LogP contribution in [-0.2, 0) is 0 Å². The van der Waals surface area contributed by atoms with Gasteiger partial charge in [0.2, 0.25) is 0 Å². The smallest absolute Gasteiger partial charge is 0.00129 e. The third-order valence-electron chi connectivity index (χ3n) is 4.07. The molecular weight excluding hydrogens is 264 g/mol. The van der Waals surface area contributed by atoms with Crippen LogP contribution in [0.3, 0.4) is 0 Å². The lowest BCUT2D eigenvalue weighted by molar-refractivity contribution is 0.898. The SMILES string of the molecule is C=CC(C)C1=CC(=C(c2ccccc2)c2ccccc2)C=C1. The Morgan fingerprint density at radius 1 is 0.864 bits per heavy atom. The molecule has 0 saturated heterocycles. The zero-order valence-electron chi connectivity index (χ0n) is 12.9. The van der Waals surface area contributed by atoms with E-state index in [-0.39, 0.29) is 0 Å². The molecule has 0 fully saturated rings. The van der Waals surface area contributed by atoms with Gasteiger partial charge in [-0.15, -0.1) is 6.58 Å². The zero-order chi connectivity index (χ0) is 15.4. The molecule has 108 valence electrons. The van der Waals surface area contributed by atoms with Gasteiger partial charge in [-0.2, -0.15) is 0 Å². The monoisotopic (exact) mass is 284 g/mol. The molecule has 1 unspecified atom stereocenters. The summed E-state index contributed by atoms with van der Waals surface area (Å²) in [6.07, 6.45) is 8.68.